The number of hydrogen-bond acceptors (Lipinski definition) is 6. The standard InChI is InChI=1S/C21H26N6O2S/c1-14(2)26-9-8-25(15(3)28)13-18(26)20-24-23-19-7-6-16(12-27(19)20)21(29)22-11-17-5-4-10-30-17/h4-7,10,12,14,18H,8-9,11,13H2,1-3H3,(H,22,29). The number of rotatable bonds is 5. The summed E-state index contributed by atoms with van der Waals surface area (Å²) in [5, 5.41) is 13.7. The molecule has 1 unspecified atom stereocenters. The summed E-state index contributed by atoms with van der Waals surface area (Å²) in [5.41, 5.74) is 1.24. The van der Waals surface area contributed by atoms with Gasteiger partial charge in [0.1, 0.15) is 0 Å². The van der Waals surface area contributed by atoms with Crippen LogP contribution < -0.4 is 5.32 Å². The lowest BCUT2D eigenvalue weighted by Gasteiger charge is -2.42. The molecule has 1 atom stereocenters. The summed E-state index contributed by atoms with van der Waals surface area (Å²) >= 11 is 1.61. The molecule has 0 radical (unpaired) electrons. The highest BCUT2D eigenvalue weighted by atomic mass is 32.1. The maximum absolute atomic E-state index is 12.7. The van der Waals surface area contributed by atoms with Crippen LogP contribution in [-0.4, -0.2) is 61.9 Å². The first-order valence-corrected chi connectivity index (χ1v) is 11.0. The van der Waals surface area contributed by atoms with Crippen molar-refractivity contribution in [1.82, 2.24) is 29.7 Å². The van der Waals surface area contributed by atoms with Crippen molar-refractivity contribution in [2.24, 2.45) is 0 Å². The number of aromatic nitrogens is 3. The van der Waals surface area contributed by atoms with Crippen molar-refractivity contribution in [3.63, 3.8) is 0 Å². The Morgan fingerprint density at radius 2 is 2.07 bits per heavy atom. The zero-order valence-electron chi connectivity index (χ0n) is 17.4. The quantitative estimate of drug-likeness (QED) is 0.677. The molecule has 2 amide bonds. The number of carbonyl (C=O) groups excluding carboxylic acids is 2. The third kappa shape index (κ3) is 4.08. The number of pyridine rings is 1. The van der Waals surface area contributed by atoms with Gasteiger partial charge in [-0.1, -0.05) is 6.07 Å². The molecular weight excluding hydrogens is 400 g/mol. The Kier molecular flexibility index (Phi) is 5.83. The molecule has 1 aliphatic rings. The summed E-state index contributed by atoms with van der Waals surface area (Å²) in [6.45, 7) is 8.42. The normalized spacial score (nSPS) is 17.6. The topological polar surface area (TPSA) is 82.8 Å². The molecular formula is C21H26N6O2S. The number of thiophene rings is 1. The van der Waals surface area contributed by atoms with Crippen molar-refractivity contribution in [2.45, 2.75) is 39.4 Å². The van der Waals surface area contributed by atoms with Crippen LogP contribution in [0.25, 0.3) is 5.65 Å². The lowest BCUT2D eigenvalue weighted by Crippen LogP contribution is -2.52. The highest BCUT2D eigenvalue weighted by molar-refractivity contribution is 7.09. The predicted octanol–water partition coefficient (Wildman–Crippen LogP) is 2.33. The van der Waals surface area contributed by atoms with E-state index in [-0.39, 0.29) is 17.9 Å². The van der Waals surface area contributed by atoms with Crippen molar-refractivity contribution in [3.8, 4) is 0 Å². The van der Waals surface area contributed by atoms with Crippen LogP contribution in [0.3, 0.4) is 0 Å². The fraction of sp³-hybridized carbons (Fsp3) is 0.429. The summed E-state index contributed by atoms with van der Waals surface area (Å²) in [7, 11) is 0. The molecule has 0 saturated carbocycles. The number of nitrogens with zero attached hydrogens (tertiary/aromatic N) is 5. The number of nitrogens with one attached hydrogen (secondary N) is 1. The Hall–Kier alpha value is -2.78. The highest BCUT2D eigenvalue weighted by Gasteiger charge is 2.34. The minimum absolute atomic E-state index is 0.0610. The summed E-state index contributed by atoms with van der Waals surface area (Å²) in [5.74, 6) is 0.670. The van der Waals surface area contributed by atoms with Gasteiger partial charge in [0.15, 0.2) is 11.5 Å². The first-order valence-electron chi connectivity index (χ1n) is 10.1. The third-order valence-electron chi connectivity index (χ3n) is 5.52. The maximum atomic E-state index is 12.7. The van der Waals surface area contributed by atoms with Gasteiger partial charge in [-0.2, -0.15) is 0 Å². The average Bonchev–Trinajstić information content (AvgIpc) is 3.40. The van der Waals surface area contributed by atoms with E-state index in [1.165, 1.54) is 0 Å². The van der Waals surface area contributed by atoms with E-state index in [0.29, 0.717) is 36.9 Å². The lowest BCUT2D eigenvalue weighted by atomic mass is 10.1. The van der Waals surface area contributed by atoms with Gasteiger partial charge in [-0.3, -0.25) is 18.9 Å². The van der Waals surface area contributed by atoms with Gasteiger partial charge in [0.25, 0.3) is 5.91 Å². The zero-order chi connectivity index (χ0) is 21.3. The van der Waals surface area contributed by atoms with Crippen molar-refractivity contribution >= 4 is 28.8 Å². The fourth-order valence-electron chi connectivity index (χ4n) is 3.88. The molecule has 1 fully saturated rings. The highest BCUT2D eigenvalue weighted by Crippen LogP contribution is 2.27. The molecule has 0 bridgehead atoms. The van der Waals surface area contributed by atoms with Gasteiger partial charge in [0.05, 0.1) is 18.2 Å². The smallest absolute Gasteiger partial charge is 0.253 e. The number of amides is 2. The molecule has 8 nitrogen and oxygen atoms in total. The summed E-state index contributed by atoms with van der Waals surface area (Å²) in [6.07, 6.45) is 1.79. The van der Waals surface area contributed by atoms with Crippen LogP contribution in [0.4, 0.5) is 0 Å². The molecule has 1 saturated heterocycles. The van der Waals surface area contributed by atoms with Crippen molar-refractivity contribution in [1.29, 1.82) is 0 Å². The van der Waals surface area contributed by atoms with E-state index in [9.17, 15) is 9.59 Å². The monoisotopic (exact) mass is 426 g/mol. The number of fused-ring (bicyclic) bond motifs is 1. The Labute approximate surface area is 179 Å². The van der Waals surface area contributed by atoms with Crippen LogP contribution in [0.5, 0.6) is 0 Å². The molecule has 0 spiro atoms. The largest absolute Gasteiger partial charge is 0.347 e. The second kappa shape index (κ2) is 8.53. The van der Waals surface area contributed by atoms with E-state index >= 15 is 0 Å². The van der Waals surface area contributed by atoms with Crippen LogP contribution >= 0.6 is 11.3 Å². The van der Waals surface area contributed by atoms with Crippen LogP contribution in [0.1, 0.15) is 47.9 Å². The molecule has 0 aromatic carbocycles. The number of carbonyl (C=O) groups is 2. The second-order valence-electron chi connectivity index (χ2n) is 7.78. The molecule has 3 aromatic heterocycles. The summed E-state index contributed by atoms with van der Waals surface area (Å²) < 4.78 is 1.88. The van der Waals surface area contributed by atoms with E-state index in [0.717, 1.165) is 17.2 Å². The Bertz CT molecular complexity index is 1050. The SMILES string of the molecule is CC(=O)N1CCN(C(C)C)C(c2nnc3ccc(C(=O)NCc4cccs4)cn23)C1. The molecule has 158 valence electrons. The molecule has 1 N–H and O–H groups in total. The van der Waals surface area contributed by atoms with Gasteiger partial charge in [-0.15, -0.1) is 21.5 Å². The van der Waals surface area contributed by atoms with Gasteiger partial charge in [-0.05, 0) is 37.4 Å². The molecule has 4 rings (SSSR count). The molecule has 0 aliphatic carbocycles. The van der Waals surface area contributed by atoms with Gasteiger partial charge in [-0.25, -0.2) is 0 Å². The van der Waals surface area contributed by atoms with E-state index in [1.807, 2.05) is 32.9 Å². The van der Waals surface area contributed by atoms with Gasteiger partial charge in [0, 0.05) is 43.7 Å². The van der Waals surface area contributed by atoms with Crippen LogP contribution in [0.2, 0.25) is 0 Å². The zero-order valence-corrected chi connectivity index (χ0v) is 18.2. The molecule has 3 aromatic rings. The van der Waals surface area contributed by atoms with Crippen molar-refractivity contribution in [3.05, 3.63) is 52.1 Å². The Morgan fingerprint density at radius 3 is 2.77 bits per heavy atom. The summed E-state index contributed by atoms with van der Waals surface area (Å²) in [4.78, 5) is 29.9. The van der Waals surface area contributed by atoms with E-state index in [2.05, 4.69) is 34.3 Å². The Balaban J connectivity index is 1.62. The van der Waals surface area contributed by atoms with E-state index in [4.69, 9.17) is 0 Å². The average molecular weight is 427 g/mol. The lowest BCUT2D eigenvalue weighted by molar-refractivity contribution is -0.132. The van der Waals surface area contributed by atoms with Crippen molar-refractivity contribution < 1.29 is 9.59 Å². The molecule has 30 heavy (non-hydrogen) atoms. The number of hydrogen-bond donors (Lipinski definition) is 1. The third-order valence-corrected chi connectivity index (χ3v) is 6.40. The first-order chi connectivity index (χ1) is 14.4. The van der Waals surface area contributed by atoms with E-state index < -0.39 is 0 Å². The maximum Gasteiger partial charge on any atom is 0.253 e. The molecule has 9 heteroatoms. The van der Waals surface area contributed by atoms with Crippen molar-refractivity contribution in [2.75, 3.05) is 19.6 Å². The van der Waals surface area contributed by atoms with Crippen LogP contribution in [0.15, 0.2) is 35.8 Å². The summed E-state index contributed by atoms with van der Waals surface area (Å²) in [6, 6.07) is 7.76. The number of piperazine rings is 1. The minimum Gasteiger partial charge on any atom is -0.347 e. The second-order valence-corrected chi connectivity index (χ2v) is 8.81. The van der Waals surface area contributed by atoms with Crippen LogP contribution in [0, 0.1) is 0 Å². The first kappa shape index (κ1) is 20.5. The van der Waals surface area contributed by atoms with Gasteiger partial charge < -0.3 is 10.2 Å². The Morgan fingerprint density at radius 1 is 1.23 bits per heavy atom. The van der Waals surface area contributed by atoms with E-state index in [1.54, 1.807) is 30.5 Å². The fourth-order valence-corrected chi connectivity index (χ4v) is 4.53. The predicted molar refractivity (Wildman–Crippen MR) is 115 cm³/mol. The van der Waals surface area contributed by atoms with Gasteiger partial charge in [0.2, 0.25) is 5.91 Å². The van der Waals surface area contributed by atoms with Gasteiger partial charge >= 0.3 is 0 Å². The van der Waals surface area contributed by atoms with Crippen LogP contribution in [-0.2, 0) is 11.3 Å². The minimum atomic E-state index is -0.139. The molecule has 4 heterocycles. The molecule has 1 aliphatic heterocycles.